The van der Waals surface area contributed by atoms with E-state index in [-0.39, 0.29) is 52.4 Å². The van der Waals surface area contributed by atoms with Crippen LogP contribution in [0.4, 0.5) is 14.5 Å². The first-order chi connectivity index (χ1) is 18.6. The Hall–Kier alpha value is -2.85. The van der Waals surface area contributed by atoms with Crippen molar-refractivity contribution in [2.75, 3.05) is 11.9 Å². The fraction of sp³-hybridized carbons (Fsp3) is 0.300. The minimum atomic E-state index is -0.864. The molecule has 5 rings (SSSR count). The molecule has 39 heavy (non-hydrogen) atoms. The monoisotopic (exact) mass is 661 g/mol. The van der Waals surface area contributed by atoms with Gasteiger partial charge in [-0.3, -0.25) is 14.6 Å². The van der Waals surface area contributed by atoms with Crippen LogP contribution in [0.2, 0.25) is 5.02 Å². The number of fused-ring (bicyclic) bond motifs is 4. The van der Waals surface area contributed by atoms with Crippen molar-refractivity contribution < 1.29 is 18.4 Å². The second-order valence-corrected chi connectivity index (χ2v) is 11.9. The van der Waals surface area contributed by atoms with Crippen LogP contribution in [0.3, 0.4) is 0 Å². The van der Waals surface area contributed by atoms with Crippen molar-refractivity contribution in [2.24, 2.45) is 11.8 Å². The van der Waals surface area contributed by atoms with E-state index >= 15 is 0 Å². The number of rotatable bonds is 2. The van der Waals surface area contributed by atoms with Gasteiger partial charge in [-0.1, -0.05) is 37.9 Å². The Kier molecular flexibility index (Phi) is 8.05. The highest BCUT2D eigenvalue weighted by atomic mass is 127. The van der Waals surface area contributed by atoms with E-state index in [2.05, 4.69) is 32.9 Å². The molecule has 3 aromatic rings. The molecule has 0 spiro atoms. The van der Waals surface area contributed by atoms with E-state index in [1.807, 2.05) is 44.2 Å². The maximum atomic E-state index is 14.8. The van der Waals surface area contributed by atoms with Crippen LogP contribution < -0.4 is 5.32 Å². The molecule has 1 N–H and O–H groups in total. The highest BCUT2D eigenvalue weighted by Crippen LogP contribution is 2.39. The molecule has 2 bridgehead atoms. The topological polar surface area (TPSA) is 62.3 Å². The number of aromatic nitrogens is 1. The van der Waals surface area contributed by atoms with Gasteiger partial charge in [0, 0.05) is 39.6 Å². The number of pyridine rings is 1. The number of carbonyl (C=O) groups excluding carboxylic acids is 2. The van der Waals surface area contributed by atoms with E-state index in [1.165, 1.54) is 12.1 Å². The molecular formula is C30H27ClF2IN3O2. The quantitative estimate of drug-likeness (QED) is 0.227. The van der Waals surface area contributed by atoms with Crippen molar-refractivity contribution >= 4 is 57.3 Å². The second-order valence-electron chi connectivity index (χ2n) is 10.2. The van der Waals surface area contributed by atoms with Crippen LogP contribution in [-0.4, -0.2) is 28.2 Å². The number of carbonyl (C=O) groups is 2. The van der Waals surface area contributed by atoms with E-state index in [9.17, 15) is 18.4 Å². The van der Waals surface area contributed by atoms with E-state index < -0.39 is 11.6 Å². The lowest BCUT2D eigenvalue weighted by atomic mass is 9.87. The van der Waals surface area contributed by atoms with Gasteiger partial charge in [0.05, 0.1) is 22.3 Å². The van der Waals surface area contributed by atoms with Crippen molar-refractivity contribution in [1.82, 2.24) is 9.88 Å². The number of nitrogens with zero attached hydrogens (tertiary/aromatic N) is 2. The van der Waals surface area contributed by atoms with Crippen LogP contribution in [0.15, 0.2) is 54.7 Å². The molecule has 2 aromatic carbocycles. The zero-order valence-electron chi connectivity index (χ0n) is 21.5. The van der Waals surface area contributed by atoms with E-state index in [0.717, 1.165) is 32.1 Å². The molecule has 0 saturated heterocycles. The van der Waals surface area contributed by atoms with Gasteiger partial charge in [0.25, 0.3) is 0 Å². The number of benzene rings is 2. The average molecular weight is 662 g/mol. The second kappa shape index (κ2) is 11.3. The normalized spacial score (nSPS) is 21.8. The van der Waals surface area contributed by atoms with Crippen molar-refractivity contribution in [3.05, 3.63) is 86.2 Å². The number of hydrogen-bond donors (Lipinski definition) is 1. The lowest BCUT2D eigenvalue weighted by Gasteiger charge is -2.37. The molecular weight excluding hydrogens is 635 g/mol. The fourth-order valence-corrected chi connectivity index (χ4v) is 6.02. The molecule has 0 aliphatic carbocycles. The zero-order chi connectivity index (χ0) is 27.8. The molecule has 202 valence electrons. The first-order valence-electron chi connectivity index (χ1n) is 12.9. The Morgan fingerprint density at radius 1 is 1.05 bits per heavy atom. The van der Waals surface area contributed by atoms with Crippen LogP contribution >= 0.6 is 34.2 Å². The predicted molar refractivity (Wildman–Crippen MR) is 157 cm³/mol. The summed E-state index contributed by atoms with van der Waals surface area (Å²) in [6.45, 7) is 4.00. The number of amides is 2. The third-order valence-electron chi connectivity index (χ3n) is 7.51. The lowest BCUT2D eigenvalue weighted by molar-refractivity contribution is -0.130. The zero-order valence-corrected chi connectivity index (χ0v) is 24.4. The van der Waals surface area contributed by atoms with Crippen LogP contribution in [0.1, 0.15) is 50.4 Å². The van der Waals surface area contributed by atoms with Crippen LogP contribution in [-0.2, 0) is 9.59 Å². The molecule has 2 aliphatic rings. The molecule has 0 radical (unpaired) electrons. The van der Waals surface area contributed by atoms with Gasteiger partial charge >= 0.3 is 0 Å². The standard InChI is InChI=1S/C30H27ClF2IN3O2/c1-16-4-3-5-26(25-12-18(10-11-35-25)20-7-6-19(34)13-24(20)36-30(16)39)37-15-17(2)21(14-27(37)38)28-23(32)9-8-22(31)29(28)33/h6-14,16-17,26H,3-5,15H2,1-2H3,(H,36,39)/t16-,17?,26+/m1/s1. The highest BCUT2D eigenvalue weighted by molar-refractivity contribution is 14.1. The Bertz CT molecular complexity index is 1500. The van der Waals surface area contributed by atoms with Gasteiger partial charge in [0.1, 0.15) is 5.82 Å². The minimum Gasteiger partial charge on any atom is -0.330 e. The molecule has 9 heteroatoms. The summed E-state index contributed by atoms with van der Waals surface area (Å²) in [5.74, 6) is -2.58. The molecule has 3 atom stereocenters. The summed E-state index contributed by atoms with van der Waals surface area (Å²) in [7, 11) is 0. The van der Waals surface area contributed by atoms with Crippen molar-refractivity contribution in [1.29, 1.82) is 0 Å². The van der Waals surface area contributed by atoms with Crippen LogP contribution in [0.5, 0.6) is 0 Å². The third kappa shape index (κ3) is 5.59. The van der Waals surface area contributed by atoms with Gasteiger partial charge in [-0.2, -0.15) is 0 Å². The van der Waals surface area contributed by atoms with Crippen molar-refractivity contribution in [2.45, 2.75) is 39.2 Å². The summed E-state index contributed by atoms with van der Waals surface area (Å²) < 4.78 is 30.5. The summed E-state index contributed by atoms with van der Waals surface area (Å²) in [5, 5.41) is 2.90. The smallest absolute Gasteiger partial charge is 0.247 e. The maximum Gasteiger partial charge on any atom is 0.247 e. The van der Waals surface area contributed by atoms with Crippen molar-refractivity contribution in [3.63, 3.8) is 0 Å². The van der Waals surface area contributed by atoms with Gasteiger partial charge in [-0.05, 0) is 88.9 Å². The van der Waals surface area contributed by atoms with E-state index in [1.54, 1.807) is 11.1 Å². The Morgan fingerprint density at radius 3 is 2.64 bits per heavy atom. The van der Waals surface area contributed by atoms with Crippen LogP contribution in [0.25, 0.3) is 16.7 Å². The SMILES string of the molecule is CC1CN([C@H]2CCC[C@@H](C)C(=O)Nc3cc(I)ccc3-c3ccnc2c3)C(=O)C=C1c1c(F)ccc(Cl)c1F. The third-order valence-corrected chi connectivity index (χ3v) is 8.47. The van der Waals surface area contributed by atoms with Gasteiger partial charge in [0.15, 0.2) is 5.82 Å². The molecule has 1 aromatic heterocycles. The Labute approximate surface area is 244 Å². The summed E-state index contributed by atoms with van der Waals surface area (Å²) in [4.78, 5) is 32.9. The first-order valence-corrected chi connectivity index (χ1v) is 14.3. The van der Waals surface area contributed by atoms with E-state index in [4.69, 9.17) is 11.6 Å². The van der Waals surface area contributed by atoms with Gasteiger partial charge in [-0.25, -0.2) is 8.78 Å². The van der Waals surface area contributed by atoms with Gasteiger partial charge < -0.3 is 10.2 Å². The molecule has 0 saturated carbocycles. The Balaban J connectivity index is 1.56. The van der Waals surface area contributed by atoms with Gasteiger partial charge in [-0.15, -0.1) is 0 Å². The number of anilines is 1. The summed E-state index contributed by atoms with van der Waals surface area (Å²) >= 11 is 8.15. The largest absolute Gasteiger partial charge is 0.330 e. The van der Waals surface area contributed by atoms with E-state index in [0.29, 0.717) is 19.3 Å². The summed E-state index contributed by atoms with van der Waals surface area (Å²) in [5.41, 5.74) is 3.24. The lowest BCUT2D eigenvalue weighted by Crippen LogP contribution is -2.41. The maximum absolute atomic E-state index is 14.8. The molecule has 1 unspecified atom stereocenters. The van der Waals surface area contributed by atoms with Crippen LogP contribution in [0, 0.1) is 27.0 Å². The summed E-state index contributed by atoms with van der Waals surface area (Å²) in [6, 6.07) is 11.7. The number of nitrogens with one attached hydrogen (secondary N) is 1. The molecule has 0 fully saturated rings. The molecule has 3 heterocycles. The average Bonchev–Trinajstić information content (AvgIpc) is 2.90. The highest BCUT2D eigenvalue weighted by Gasteiger charge is 2.34. The van der Waals surface area contributed by atoms with Gasteiger partial charge in [0.2, 0.25) is 11.8 Å². The van der Waals surface area contributed by atoms with Crippen molar-refractivity contribution in [3.8, 4) is 11.1 Å². The minimum absolute atomic E-state index is 0.0505. The molecule has 2 amide bonds. The molecule has 5 nitrogen and oxygen atoms in total. The fourth-order valence-electron chi connectivity index (χ4n) is 5.37. The first kappa shape index (κ1) is 27.7. The predicted octanol–water partition coefficient (Wildman–Crippen LogP) is 7.65. The number of halogens is 4. The number of hydrogen-bond acceptors (Lipinski definition) is 3. The summed E-state index contributed by atoms with van der Waals surface area (Å²) in [6.07, 6.45) is 4.95. The Morgan fingerprint density at radius 2 is 1.85 bits per heavy atom. The molecule has 2 aliphatic heterocycles.